The first-order valence-electron chi connectivity index (χ1n) is 3.50. The van der Waals surface area contributed by atoms with Crippen molar-refractivity contribution in [1.82, 2.24) is 9.55 Å². The van der Waals surface area contributed by atoms with Gasteiger partial charge in [0.25, 0.3) is 0 Å². The van der Waals surface area contributed by atoms with Crippen LogP contribution in [0.4, 0.5) is 0 Å². The van der Waals surface area contributed by atoms with Crippen molar-refractivity contribution in [2.24, 2.45) is 7.05 Å². The first-order valence-corrected chi connectivity index (χ1v) is 4.76. The second-order valence-electron chi connectivity index (χ2n) is 2.45. The number of aromatic nitrogens is 2. The SMILES string of the molecule is Cn1c(-c2cccs2)cnc1Cl. The summed E-state index contributed by atoms with van der Waals surface area (Å²) in [6.07, 6.45) is 1.79. The summed E-state index contributed by atoms with van der Waals surface area (Å²) in [7, 11) is 1.91. The van der Waals surface area contributed by atoms with Crippen LogP contribution in [-0.4, -0.2) is 9.55 Å². The smallest absolute Gasteiger partial charge is 0.202 e. The van der Waals surface area contributed by atoms with Crippen LogP contribution in [0.5, 0.6) is 0 Å². The third kappa shape index (κ3) is 1.15. The van der Waals surface area contributed by atoms with Crippen molar-refractivity contribution in [3.63, 3.8) is 0 Å². The number of rotatable bonds is 1. The van der Waals surface area contributed by atoms with Crippen LogP contribution >= 0.6 is 22.9 Å². The zero-order chi connectivity index (χ0) is 8.55. The zero-order valence-corrected chi connectivity index (χ0v) is 8.06. The molecule has 0 N–H and O–H groups in total. The highest BCUT2D eigenvalue weighted by molar-refractivity contribution is 7.13. The largest absolute Gasteiger partial charge is 0.317 e. The fourth-order valence-corrected chi connectivity index (χ4v) is 1.95. The van der Waals surface area contributed by atoms with E-state index in [0.29, 0.717) is 5.28 Å². The number of halogens is 1. The molecule has 0 spiro atoms. The Bertz CT molecular complexity index is 378. The quantitative estimate of drug-likeness (QED) is 0.689. The molecule has 0 saturated heterocycles. The van der Waals surface area contributed by atoms with Gasteiger partial charge in [-0.2, -0.15) is 0 Å². The molecule has 0 unspecified atom stereocenters. The monoisotopic (exact) mass is 198 g/mol. The third-order valence-electron chi connectivity index (χ3n) is 1.71. The molecule has 0 saturated carbocycles. The average molecular weight is 199 g/mol. The lowest BCUT2D eigenvalue weighted by Crippen LogP contribution is -1.88. The molecule has 0 bridgehead atoms. The van der Waals surface area contributed by atoms with Gasteiger partial charge in [-0.05, 0) is 23.0 Å². The van der Waals surface area contributed by atoms with Crippen LogP contribution in [0.15, 0.2) is 23.7 Å². The van der Waals surface area contributed by atoms with Crippen LogP contribution < -0.4 is 0 Å². The Morgan fingerprint density at radius 1 is 1.58 bits per heavy atom. The Balaban J connectivity index is 2.55. The van der Waals surface area contributed by atoms with Gasteiger partial charge in [0.05, 0.1) is 16.8 Å². The predicted molar refractivity (Wildman–Crippen MR) is 51.5 cm³/mol. The van der Waals surface area contributed by atoms with Crippen LogP contribution in [0.25, 0.3) is 10.6 Å². The number of hydrogen-bond donors (Lipinski definition) is 0. The Hall–Kier alpha value is -0.800. The van der Waals surface area contributed by atoms with Crippen molar-refractivity contribution in [1.29, 1.82) is 0 Å². The highest BCUT2D eigenvalue weighted by Gasteiger charge is 2.06. The molecule has 4 heteroatoms. The van der Waals surface area contributed by atoms with Gasteiger partial charge in [-0.3, -0.25) is 0 Å². The molecule has 2 nitrogen and oxygen atoms in total. The van der Waals surface area contributed by atoms with Crippen LogP contribution in [0.1, 0.15) is 0 Å². The molecule has 12 heavy (non-hydrogen) atoms. The highest BCUT2D eigenvalue weighted by atomic mass is 35.5. The highest BCUT2D eigenvalue weighted by Crippen LogP contribution is 2.25. The summed E-state index contributed by atoms with van der Waals surface area (Å²) in [5.74, 6) is 0. The number of nitrogens with zero attached hydrogens (tertiary/aromatic N) is 2. The molecule has 2 aromatic rings. The summed E-state index contributed by atoms with van der Waals surface area (Å²) >= 11 is 7.49. The van der Waals surface area contributed by atoms with Crippen molar-refractivity contribution < 1.29 is 0 Å². The van der Waals surface area contributed by atoms with E-state index in [-0.39, 0.29) is 0 Å². The van der Waals surface area contributed by atoms with E-state index in [9.17, 15) is 0 Å². The molecule has 0 aliphatic rings. The van der Waals surface area contributed by atoms with E-state index in [2.05, 4.69) is 11.1 Å². The molecule has 2 rings (SSSR count). The first kappa shape index (κ1) is 7.83. The van der Waals surface area contributed by atoms with Gasteiger partial charge in [0.1, 0.15) is 0 Å². The van der Waals surface area contributed by atoms with Crippen molar-refractivity contribution in [3.8, 4) is 10.6 Å². The maximum Gasteiger partial charge on any atom is 0.202 e. The summed E-state index contributed by atoms with van der Waals surface area (Å²) in [5, 5.41) is 2.56. The molecule has 2 heterocycles. The molecule has 0 radical (unpaired) electrons. The molecule has 0 fully saturated rings. The minimum atomic E-state index is 0.526. The summed E-state index contributed by atoms with van der Waals surface area (Å²) in [6, 6.07) is 4.07. The maximum atomic E-state index is 5.80. The van der Waals surface area contributed by atoms with Crippen molar-refractivity contribution >= 4 is 22.9 Å². The summed E-state index contributed by atoms with van der Waals surface area (Å²) in [5.41, 5.74) is 1.06. The predicted octanol–water partition coefficient (Wildman–Crippen LogP) is 2.80. The van der Waals surface area contributed by atoms with Gasteiger partial charge < -0.3 is 4.57 Å². The first-order chi connectivity index (χ1) is 5.79. The van der Waals surface area contributed by atoms with Gasteiger partial charge in [-0.25, -0.2) is 4.98 Å². The van der Waals surface area contributed by atoms with E-state index < -0.39 is 0 Å². The molecule has 2 aromatic heterocycles. The van der Waals surface area contributed by atoms with E-state index in [1.54, 1.807) is 17.5 Å². The Labute approximate surface area is 79.4 Å². The molecule has 0 aromatic carbocycles. The standard InChI is InChI=1S/C8H7ClN2S/c1-11-6(5-10-8(11)9)7-3-2-4-12-7/h2-5H,1H3. The fraction of sp³-hybridized carbons (Fsp3) is 0.125. The van der Waals surface area contributed by atoms with Crippen molar-refractivity contribution in [3.05, 3.63) is 29.0 Å². The van der Waals surface area contributed by atoms with Crippen LogP contribution in [0, 0.1) is 0 Å². The molecule has 0 amide bonds. The van der Waals surface area contributed by atoms with Crippen molar-refractivity contribution in [2.75, 3.05) is 0 Å². The van der Waals surface area contributed by atoms with E-state index in [0.717, 1.165) is 5.69 Å². The summed E-state index contributed by atoms with van der Waals surface area (Å²) in [6.45, 7) is 0. The van der Waals surface area contributed by atoms with Gasteiger partial charge in [0, 0.05) is 7.05 Å². The maximum absolute atomic E-state index is 5.80. The van der Waals surface area contributed by atoms with Crippen molar-refractivity contribution in [2.45, 2.75) is 0 Å². The second-order valence-corrected chi connectivity index (χ2v) is 3.73. The van der Waals surface area contributed by atoms with Gasteiger partial charge in [0.15, 0.2) is 0 Å². The lowest BCUT2D eigenvalue weighted by atomic mass is 10.4. The van der Waals surface area contributed by atoms with E-state index >= 15 is 0 Å². The van der Waals surface area contributed by atoms with E-state index in [1.807, 2.05) is 23.1 Å². The van der Waals surface area contributed by atoms with Gasteiger partial charge in [0.2, 0.25) is 5.28 Å². The Kier molecular flexibility index (Phi) is 1.90. The van der Waals surface area contributed by atoms with Gasteiger partial charge in [-0.1, -0.05) is 6.07 Å². The number of hydrogen-bond acceptors (Lipinski definition) is 2. The second kappa shape index (κ2) is 2.92. The Morgan fingerprint density at radius 3 is 2.92 bits per heavy atom. The normalized spacial score (nSPS) is 10.5. The zero-order valence-electron chi connectivity index (χ0n) is 6.49. The molecule has 0 atom stereocenters. The van der Waals surface area contributed by atoms with Gasteiger partial charge >= 0.3 is 0 Å². The Morgan fingerprint density at radius 2 is 2.42 bits per heavy atom. The molecular weight excluding hydrogens is 192 g/mol. The third-order valence-corrected chi connectivity index (χ3v) is 2.95. The minimum Gasteiger partial charge on any atom is -0.317 e. The number of thiophene rings is 1. The number of imidazole rings is 1. The lowest BCUT2D eigenvalue weighted by molar-refractivity contribution is 0.925. The fourth-order valence-electron chi connectivity index (χ4n) is 1.04. The van der Waals surface area contributed by atoms with Crippen LogP contribution in [0.2, 0.25) is 5.28 Å². The minimum absolute atomic E-state index is 0.526. The molecular formula is C8H7ClN2S. The van der Waals surface area contributed by atoms with E-state index in [4.69, 9.17) is 11.6 Å². The molecule has 62 valence electrons. The van der Waals surface area contributed by atoms with Gasteiger partial charge in [-0.15, -0.1) is 11.3 Å². The summed E-state index contributed by atoms with van der Waals surface area (Å²) < 4.78 is 1.87. The lowest BCUT2D eigenvalue weighted by Gasteiger charge is -1.97. The topological polar surface area (TPSA) is 17.8 Å². The summed E-state index contributed by atoms with van der Waals surface area (Å²) in [4.78, 5) is 5.20. The van der Waals surface area contributed by atoms with Crippen LogP contribution in [0.3, 0.4) is 0 Å². The average Bonchev–Trinajstić information content (AvgIpc) is 2.64. The van der Waals surface area contributed by atoms with Crippen LogP contribution in [-0.2, 0) is 7.05 Å². The van der Waals surface area contributed by atoms with E-state index in [1.165, 1.54) is 4.88 Å². The molecule has 0 aliphatic heterocycles. The molecule has 0 aliphatic carbocycles.